The van der Waals surface area contributed by atoms with Crippen molar-refractivity contribution in [2.24, 2.45) is 0 Å². The second kappa shape index (κ2) is 12.6. The Morgan fingerprint density at radius 1 is 1.03 bits per heavy atom. The fourth-order valence-corrected chi connectivity index (χ4v) is 5.19. The summed E-state index contributed by atoms with van der Waals surface area (Å²) in [6, 6.07) is 11.8. The minimum absolute atomic E-state index is 0.0612. The number of rotatable bonds is 11. The lowest BCUT2D eigenvalue weighted by Gasteiger charge is -2.30. The van der Waals surface area contributed by atoms with Gasteiger partial charge < -0.3 is 19.7 Å². The third-order valence-electron chi connectivity index (χ3n) is 5.83. The highest BCUT2D eigenvalue weighted by Crippen LogP contribution is 2.34. The van der Waals surface area contributed by atoms with E-state index in [1.165, 1.54) is 9.21 Å². The molecule has 0 spiro atoms. The van der Waals surface area contributed by atoms with Gasteiger partial charge in [0.05, 0.1) is 11.9 Å². The van der Waals surface area contributed by atoms with Crippen LogP contribution in [-0.4, -0.2) is 63.2 Å². The summed E-state index contributed by atoms with van der Waals surface area (Å²) in [5, 5.41) is 2.86. The fourth-order valence-electron chi connectivity index (χ4n) is 3.97. The Labute approximate surface area is 227 Å². The van der Waals surface area contributed by atoms with Crippen LogP contribution in [0.2, 0.25) is 0 Å². The molecule has 37 heavy (non-hydrogen) atoms. The summed E-state index contributed by atoms with van der Waals surface area (Å²) in [5.41, 5.74) is 1.32. The lowest BCUT2D eigenvalue weighted by molar-refractivity contribution is -0.140. The second-order valence-corrected chi connectivity index (χ2v) is 12.1. The molecule has 1 atom stereocenters. The molecule has 1 N–H and O–H groups in total. The first kappa shape index (κ1) is 28.8. The quantitative estimate of drug-likeness (QED) is 0.424. The summed E-state index contributed by atoms with van der Waals surface area (Å²) < 4.78 is 38.5. The number of carbonyl (C=O) groups excluding carboxylic acids is 2. The largest absolute Gasteiger partial charge is 0.486 e. The van der Waals surface area contributed by atoms with Crippen LogP contribution in [0.4, 0.5) is 5.69 Å². The van der Waals surface area contributed by atoms with E-state index >= 15 is 0 Å². The number of anilines is 1. The predicted octanol–water partition coefficient (Wildman–Crippen LogP) is 3.71. The normalized spacial score (nSPS) is 13.7. The summed E-state index contributed by atoms with van der Waals surface area (Å²) in [4.78, 5) is 27.6. The van der Waals surface area contributed by atoms with Crippen molar-refractivity contribution in [1.29, 1.82) is 0 Å². The van der Waals surface area contributed by atoms with Crippen molar-refractivity contribution >= 4 is 43.5 Å². The van der Waals surface area contributed by atoms with E-state index in [2.05, 4.69) is 21.2 Å². The van der Waals surface area contributed by atoms with Crippen molar-refractivity contribution in [3.8, 4) is 11.5 Å². The van der Waals surface area contributed by atoms with E-state index in [1.807, 2.05) is 38.1 Å². The van der Waals surface area contributed by atoms with E-state index in [0.717, 1.165) is 16.3 Å². The predicted molar refractivity (Wildman–Crippen MR) is 146 cm³/mol. The summed E-state index contributed by atoms with van der Waals surface area (Å²) in [6.45, 7) is 6.62. The molecule has 1 aliphatic rings. The molecule has 0 aromatic heterocycles. The zero-order chi connectivity index (χ0) is 27.2. The first-order valence-corrected chi connectivity index (χ1v) is 14.8. The molecular weight excluding hydrogens is 562 g/mol. The van der Waals surface area contributed by atoms with Gasteiger partial charge in [-0.1, -0.05) is 28.1 Å². The lowest BCUT2D eigenvalue weighted by Crippen LogP contribution is -2.49. The molecule has 11 heteroatoms. The molecule has 1 heterocycles. The SMILES string of the molecule is CC(C)NC(=O)[C@H](C)N(Cc1ccc(Br)cc1)C(=O)CCCN(c1ccc2c(c1)OCCO2)S(C)(=O)=O. The van der Waals surface area contributed by atoms with Gasteiger partial charge in [0.25, 0.3) is 0 Å². The van der Waals surface area contributed by atoms with Crippen LogP contribution in [0.1, 0.15) is 39.2 Å². The Kier molecular flexibility index (Phi) is 9.83. The number of nitrogens with zero attached hydrogens (tertiary/aromatic N) is 2. The maximum Gasteiger partial charge on any atom is 0.242 e. The summed E-state index contributed by atoms with van der Waals surface area (Å²) in [5.74, 6) is 0.578. The smallest absolute Gasteiger partial charge is 0.242 e. The Bertz CT molecular complexity index is 1200. The molecule has 2 aromatic carbocycles. The Hall–Kier alpha value is -2.79. The maximum atomic E-state index is 13.3. The van der Waals surface area contributed by atoms with Crippen molar-refractivity contribution in [2.75, 3.05) is 30.3 Å². The van der Waals surface area contributed by atoms with Gasteiger partial charge in [0.15, 0.2) is 11.5 Å². The molecule has 0 saturated heterocycles. The van der Waals surface area contributed by atoms with Crippen molar-refractivity contribution in [3.05, 3.63) is 52.5 Å². The Balaban J connectivity index is 1.73. The first-order chi connectivity index (χ1) is 17.5. The van der Waals surface area contributed by atoms with Crippen molar-refractivity contribution in [2.45, 2.75) is 52.2 Å². The van der Waals surface area contributed by atoms with Crippen molar-refractivity contribution < 1.29 is 27.5 Å². The third kappa shape index (κ3) is 8.10. The molecule has 9 nitrogen and oxygen atoms in total. The molecule has 2 aromatic rings. The minimum Gasteiger partial charge on any atom is -0.486 e. The molecule has 0 fully saturated rings. The van der Waals surface area contributed by atoms with Crippen LogP contribution < -0.4 is 19.1 Å². The number of hydrogen-bond donors (Lipinski definition) is 1. The summed E-state index contributed by atoms with van der Waals surface area (Å²) in [7, 11) is -3.62. The van der Waals surface area contributed by atoms with Crippen molar-refractivity contribution in [1.82, 2.24) is 10.2 Å². The van der Waals surface area contributed by atoms with Crippen LogP contribution in [0.5, 0.6) is 11.5 Å². The zero-order valence-corrected chi connectivity index (χ0v) is 24.0. The molecular formula is C26H34BrN3O6S. The number of nitrogens with one attached hydrogen (secondary N) is 1. The monoisotopic (exact) mass is 595 g/mol. The average Bonchev–Trinajstić information content (AvgIpc) is 2.84. The van der Waals surface area contributed by atoms with E-state index in [0.29, 0.717) is 30.4 Å². The summed E-state index contributed by atoms with van der Waals surface area (Å²) >= 11 is 3.41. The molecule has 2 amide bonds. The molecule has 0 bridgehead atoms. The van der Waals surface area contributed by atoms with Crippen LogP contribution in [0, 0.1) is 0 Å². The number of halogens is 1. The Morgan fingerprint density at radius 2 is 1.68 bits per heavy atom. The van der Waals surface area contributed by atoms with E-state index in [1.54, 1.807) is 25.1 Å². The first-order valence-electron chi connectivity index (χ1n) is 12.2. The topological polar surface area (TPSA) is 105 Å². The van der Waals surface area contributed by atoms with Crippen LogP contribution >= 0.6 is 15.9 Å². The van der Waals surface area contributed by atoms with Crippen LogP contribution in [0.3, 0.4) is 0 Å². The van der Waals surface area contributed by atoms with E-state index in [9.17, 15) is 18.0 Å². The molecule has 0 aliphatic carbocycles. The van der Waals surface area contributed by atoms with Gasteiger partial charge >= 0.3 is 0 Å². The zero-order valence-electron chi connectivity index (χ0n) is 21.6. The maximum absolute atomic E-state index is 13.3. The number of sulfonamides is 1. The molecule has 1 aliphatic heterocycles. The third-order valence-corrected chi connectivity index (χ3v) is 7.55. The fraction of sp³-hybridized carbons (Fsp3) is 0.462. The summed E-state index contributed by atoms with van der Waals surface area (Å²) in [6.07, 6.45) is 1.48. The number of amides is 2. The van der Waals surface area contributed by atoms with Gasteiger partial charge in [0, 0.05) is 36.1 Å². The molecule has 202 valence electrons. The highest BCUT2D eigenvalue weighted by molar-refractivity contribution is 9.10. The van der Waals surface area contributed by atoms with Gasteiger partial charge in [-0.3, -0.25) is 13.9 Å². The van der Waals surface area contributed by atoms with Crippen LogP contribution in [0.25, 0.3) is 0 Å². The molecule has 3 rings (SSSR count). The van der Waals surface area contributed by atoms with Crippen LogP contribution in [-0.2, 0) is 26.2 Å². The number of benzene rings is 2. The van der Waals surface area contributed by atoms with Gasteiger partial charge in [-0.05, 0) is 57.0 Å². The van der Waals surface area contributed by atoms with Gasteiger partial charge in [0.2, 0.25) is 21.8 Å². The molecule has 0 saturated carbocycles. The highest BCUT2D eigenvalue weighted by Gasteiger charge is 2.27. The molecule has 0 radical (unpaired) electrons. The standard InChI is InChI=1S/C26H34BrN3O6S/c1-18(2)28-26(32)19(3)29(17-20-7-9-21(27)10-8-20)25(31)6-5-13-30(37(4,33)34)22-11-12-23-24(16-22)36-15-14-35-23/h7-12,16,18-19H,5-6,13-15,17H2,1-4H3,(H,28,32)/t19-/m0/s1. The molecule has 0 unspecified atom stereocenters. The number of ether oxygens (including phenoxy) is 2. The van der Waals surface area contributed by atoms with Gasteiger partial charge in [-0.2, -0.15) is 0 Å². The van der Waals surface area contributed by atoms with E-state index < -0.39 is 16.1 Å². The van der Waals surface area contributed by atoms with Gasteiger partial charge in [-0.15, -0.1) is 0 Å². The lowest BCUT2D eigenvalue weighted by atomic mass is 10.1. The van der Waals surface area contributed by atoms with E-state index in [-0.39, 0.29) is 43.8 Å². The highest BCUT2D eigenvalue weighted by atomic mass is 79.9. The van der Waals surface area contributed by atoms with Gasteiger partial charge in [-0.25, -0.2) is 8.42 Å². The van der Waals surface area contributed by atoms with E-state index in [4.69, 9.17) is 9.47 Å². The number of fused-ring (bicyclic) bond motifs is 1. The Morgan fingerprint density at radius 3 is 2.30 bits per heavy atom. The minimum atomic E-state index is -3.62. The number of hydrogen-bond acceptors (Lipinski definition) is 6. The number of carbonyl (C=O) groups is 2. The van der Waals surface area contributed by atoms with Gasteiger partial charge in [0.1, 0.15) is 19.3 Å². The second-order valence-electron chi connectivity index (χ2n) is 9.25. The van der Waals surface area contributed by atoms with Crippen molar-refractivity contribution in [3.63, 3.8) is 0 Å². The average molecular weight is 597 g/mol. The van der Waals surface area contributed by atoms with Crippen LogP contribution in [0.15, 0.2) is 46.9 Å².